The smallest absolute Gasteiger partial charge is 0.306 e. The van der Waals surface area contributed by atoms with Crippen molar-refractivity contribution in [1.82, 2.24) is 5.32 Å². The van der Waals surface area contributed by atoms with Crippen LogP contribution < -0.4 is 10.2 Å². The van der Waals surface area contributed by atoms with Gasteiger partial charge in [0.05, 0.1) is 19.6 Å². The Morgan fingerprint density at radius 3 is 1.39 bits per heavy atom. The first-order valence-electron chi connectivity index (χ1n) is 21.5. The summed E-state index contributed by atoms with van der Waals surface area (Å²) in [6.45, 7) is 2.91. The number of nitrogens with one attached hydrogen (secondary N) is 1. The second-order valence-electron chi connectivity index (χ2n) is 14.6. The third kappa shape index (κ3) is 38.3. The van der Waals surface area contributed by atoms with Gasteiger partial charge in [-0.2, -0.15) is 0 Å². The molecule has 1 amide bonds. The fourth-order valence-electron chi connectivity index (χ4n) is 6.06. The second kappa shape index (κ2) is 37.9. The number of phosphoric ester groups is 1. The van der Waals surface area contributed by atoms with Crippen LogP contribution in [0.5, 0.6) is 0 Å². The van der Waals surface area contributed by atoms with Gasteiger partial charge in [0.15, 0.2) is 6.10 Å². The molecule has 0 bridgehead atoms. The van der Waals surface area contributed by atoms with E-state index in [1.54, 1.807) is 0 Å². The molecule has 0 aromatic carbocycles. The molecular weight excluding hydrogens is 713 g/mol. The fraction of sp³-hybridized carbons (Fsp3) is 0.902. The van der Waals surface area contributed by atoms with Crippen LogP contribution in [0.2, 0.25) is 0 Å². The first-order chi connectivity index (χ1) is 26.1. The predicted octanol–water partition coefficient (Wildman–Crippen LogP) is 9.89. The lowest BCUT2D eigenvalue weighted by molar-refractivity contribution is -0.228. The van der Waals surface area contributed by atoms with Crippen molar-refractivity contribution in [2.75, 3.05) is 26.4 Å². The Morgan fingerprint density at radius 2 is 0.963 bits per heavy atom. The van der Waals surface area contributed by atoms with E-state index in [1.165, 1.54) is 116 Å². The van der Waals surface area contributed by atoms with E-state index in [9.17, 15) is 28.6 Å². The topological polar surface area (TPSA) is 178 Å². The van der Waals surface area contributed by atoms with Gasteiger partial charge in [-0.25, -0.2) is 0 Å². The Kier molecular flexibility index (Phi) is 36.5. The summed E-state index contributed by atoms with van der Waals surface area (Å²) in [4.78, 5) is 59.6. The Hall–Kier alpha value is -2.01. The monoisotopic (exact) mass is 791 g/mol. The average molecular weight is 791 g/mol. The number of hydrogen-bond acceptors (Lipinski definition) is 10. The van der Waals surface area contributed by atoms with Gasteiger partial charge in [0.2, 0.25) is 5.91 Å². The molecule has 0 spiro atoms. The van der Waals surface area contributed by atoms with Crippen LogP contribution in [-0.2, 0) is 42.3 Å². The van der Waals surface area contributed by atoms with E-state index in [0.29, 0.717) is 12.8 Å². The van der Waals surface area contributed by atoms with Gasteiger partial charge in [0.1, 0.15) is 6.61 Å². The standard InChI is InChI=1S/C41H78NO11P/c1-3-5-7-9-11-13-15-17-19-21-23-25-27-29-40(46)50-35-37(36-52-54(48,49)51-34-33-42-38(43)31-32-39(44)45)53-41(47)30-28-26-24-22-20-18-16-14-12-10-8-6-4-2/h37H,3-36H2,1-2H3,(H,42,43)(H,44,45)(H,48,49)/p-1/t37-/m1/s1. The van der Waals surface area contributed by atoms with Gasteiger partial charge in [-0.15, -0.1) is 0 Å². The van der Waals surface area contributed by atoms with Gasteiger partial charge in [0.25, 0.3) is 7.82 Å². The summed E-state index contributed by atoms with van der Waals surface area (Å²) in [7, 11) is -4.85. The van der Waals surface area contributed by atoms with Crippen LogP contribution in [0.15, 0.2) is 0 Å². The Balaban J connectivity index is 4.49. The van der Waals surface area contributed by atoms with Crippen molar-refractivity contribution in [2.24, 2.45) is 0 Å². The fourth-order valence-corrected chi connectivity index (χ4v) is 6.80. The zero-order valence-corrected chi connectivity index (χ0v) is 35.0. The number of aliphatic carboxylic acids is 1. The molecule has 54 heavy (non-hydrogen) atoms. The highest BCUT2D eigenvalue weighted by Gasteiger charge is 2.21. The zero-order valence-electron chi connectivity index (χ0n) is 34.1. The van der Waals surface area contributed by atoms with Crippen LogP contribution in [-0.4, -0.2) is 61.4 Å². The van der Waals surface area contributed by atoms with Crippen LogP contribution >= 0.6 is 7.82 Å². The number of carbonyl (C=O) groups is 4. The van der Waals surface area contributed by atoms with E-state index in [1.807, 2.05) is 0 Å². The summed E-state index contributed by atoms with van der Waals surface area (Å²) < 4.78 is 32.8. The SMILES string of the molecule is CCCCCCCCCCCCCCCC(=O)OC[C@H](COP(=O)([O-])OCCNC(=O)CCC(=O)O)OC(=O)CCCCCCCCCCCCCCC. The summed E-state index contributed by atoms with van der Waals surface area (Å²) in [5.74, 6) is -2.65. The maximum Gasteiger partial charge on any atom is 0.306 e. The van der Waals surface area contributed by atoms with Crippen molar-refractivity contribution >= 4 is 31.6 Å². The van der Waals surface area contributed by atoms with E-state index in [-0.39, 0.29) is 38.8 Å². The van der Waals surface area contributed by atoms with Crippen LogP contribution in [0.25, 0.3) is 0 Å². The van der Waals surface area contributed by atoms with Gasteiger partial charge in [-0.3, -0.25) is 23.7 Å². The number of ether oxygens (including phenoxy) is 2. The predicted molar refractivity (Wildman–Crippen MR) is 211 cm³/mol. The summed E-state index contributed by atoms with van der Waals surface area (Å²) >= 11 is 0. The number of hydrogen-bond donors (Lipinski definition) is 2. The summed E-state index contributed by atoms with van der Waals surface area (Å²) in [5, 5.41) is 11.0. The van der Waals surface area contributed by atoms with Crippen LogP contribution in [0.3, 0.4) is 0 Å². The normalized spacial score (nSPS) is 12.9. The molecule has 2 atom stereocenters. The summed E-state index contributed by atoms with van der Waals surface area (Å²) in [6.07, 6.45) is 29.5. The minimum atomic E-state index is -4.85. The number of carbonyl (C=O) groups excluding carboxylic acids is 3. The maximum absolute atomic E-state index is 12.6. The molecule has 318 valence electrons. The molecular formula is C41H77NO11P-. The lowest BCUT2D eigenvalue weighted by Gasteiger charge is -2.25. The summed E-state index contributed by atoms with van der Waals surface area (Å²) in [5.41, 5.74) is 0. The van der Waals surface area contributed by atoms with Gasteiger partial charge in [-0.1, -0.05) is 168 Å². The number of rotatable bonds is 41. The van der Waals surface area contributed by atoms with E-state index < -0.39 is 51.0 Å². The Morgan fingerprint density at radius 1 is 0.556 bits per heavy atom. The third-order valence-electron chi connectivity index (χ3n) is 9.36. The molecule has 0 aliphatic rings. The molecule has 0 heterocycles. The highest BCUT2D eigenvalue weighted by Crippen LogP contribution is 2.38. The lowest BCUT2D eigenvalue weighted by Crippen LogP contribution is -2.31. The third-order valence-corrected chi connectivity index (χ3v) is 10.3. The van der Waals surface area contributed by atoms with Crippen molar-refractivity contribution < 1.29 is 52.3 Å². The van der Waals surface area contributed by atoms with Crippen molar-refractivity contribution in [1.29, 1.82) is 0 Å². The molecule has 0 aliphatic heterocycles. The molecule has 0 aliphatic carbocycles. The number of carboxylic acids is 1. The molecule has 1 unspecified atom stereocenters. The molecule has 0 aromatic heterocycles. The van der Waals surface area contributed by atoms with Crippen molar-refractivity contribution in [3.8, 4) is 0 Å². The van der Waals surface area contributed by atoms with Gasteiger partial charge < -0.3 is 33.8 Å². The molecule has 12 nitrogen and oxygen atoms in total. The minimum absolute atomic E-state index is 0.161. The number of phosphoric acid groups is 1. The minimum Gasteiger partial charge on any atom is -0.756 e. The van der Waals surface area contributed by atoms with Crippen LogP contribution in [0, 0.1) is 0 Å². The Labute approximate surface area is 327 Å². The first-order valence-corrected chi connectivity index (χ1v) is 23.0. The van der Waals surface area contributed by atoms with E-state index >= 15 is 0 Å². The van der Waals surface area contributed by atoms with Crippen molar-refractivity contribution in [3.05, 3.63) is 0 Å². The summed E-state index contributed by atoms with van der Waals surface area (Å²) in [6, 6.07) is 0. The quantitative estimate of drug-likeness (QED) is 0.0342. The first kappa shape index (κ1) is 52.0. The van der Waals surface area contributed by atoms with Crippen molar-refractivity contribution in [2.45, 2.75) is 213 Å². The number of amides is 1. The van der Waals surface area contributed by atoms with Gasteiger partial charge >= 0.3 is 17.9 Å². The van der Waals surface area contributed by atoms with E-state index in [0.717, 1.165) is 38.5 Å². The Bertz CT molecular complexity index is 981. The highest BCUT2D eigenvalue weighted by molar-refractivity contribution is 7.45. The molecule has 0 radical (unpaired) electrons. The van der Waals surface area contributed by atoms with Gasteiger partial charge in [-0.05, 0) is 12.8 Å². The zero-order chi connectivity index (χ0) is 40.0. The average Bonchev–Trinajstić information content (AvgIpc) is 3.14. The highest BCUT2D eigenvalue weighted by atomic mass is 31.2. The lowest BCUT2D eigenvalue weighted by atomic mass is 10.0. The van der Waals surface area contributed by atoms with Gasteiger partial charge in [0, 0.05) is 25.8 Å². The van der Waals surface area contributed by atoms with E-state index in [4.69, 9.17) is 23.6 Å². The van der Waals surface area contributed by atoms with Crippen molar-refractivity contribution in [3.63, 3.8) is 0 Å². The molecule has 0 rings (SSSR count). The van der Waals surface area contributed by atoms with Crippen LogP contribution in [0.1, 0.15) is 206 Å². The largest absolute Gasteiger partial charge is 0.756 e. The van der Waals surface area contributed by atoms with Crippen LogP contribution in [0.4, 0.5) is 0 Å². The molecule has 13 heteroatoms. The number of esters is 2. The number of carboxylic acid groups (broad SMARTS) is 1. The molecule has 0 aromatic rings. The van der Waals surface area contributed by atoms with E-state index in [2.05, 4.69) is 19.2 Å². The molecule has 0 fully saturated rings. The maximum atomic E-state index is 12.6. The number of unbranched alkanes of at least 4 members (excludes halogenated alkanes) is 24. The molecule has 2 N–H and O–H groups in total. The second-order valence-corrected chi connectivity index (χ2v) is 16.0. The molecule has 0 saturated heterocycles. The molecule has 0 saturated carbocycles.